The van der Waals surface area contributed by atoms with Crippen molar-refractivity contribution in [3.63, 3.8) is 0 Å². The second-order valence-corrected chi connectivity index (χ2v) is 7.85. The van der Waals surface area contributed by atoms with Crippen LogP contribution in [0.15, 0.2) is 89.9 Å². The molecule has 5 heteroatoms. The van der Waals surface area contributed by atoms with E-state index in [1.165, 1.54) is 5.56 Å². The molecular formula is C26H24N2O3. The molecule has 2 heterocycles. The van der Waals surface area contributed by atoms with Crippen LogP contribution < -0.4 is 0 Å². The second-order valence-electron chi connectivity index (χ2n) is 7.85. The highest BCUT2D eigenvalue weighted by atomic mass is 16.6. The number of hydrogen-bond donors (Lipinski definition) is 0. The van der Waals surface area contributed by atoms with E-state index in [0.717, 1.165) is 16.7 Å². The molecule has 2 atom stereocenters. The summed E-state index contributed by atoms with van der Waals surface area (Å²) >= 11 is 0. The summed E-state index contributed by atoms with van der Waals surface area (Å²) in [5.74, 6) is 0.611. The van der Waals surface area contributed by atoms with Crippen LogP contribution >= 0.6 is 0 Å². The standard InChI is InChI=1S/C26H24N2O3/c29-26(30-18-19-9-3-1-4-10-19)28-17-22-14-8-7-13-21(22)15-23(28)25-27-16-24(31-25)20-11-5-2-6-12-20/h1-14,23-24H,15-18H2/t23-,24?/m0/s1. The molecule has 0 aliphatic carbocycles. The van der Waals surface area contributed by atoms with E-state index in [4.69, 9.17) is 9.47 Å². The van der Waals surface area contributed by atoms with E-state index in [1.54, 1.807) is 4.90 Å². The first-order valence-corrected chi connectivity index (χ1v) is 10.6. The summed E-state index contributed by atoms with van der Waals surface area (Å²) in [7, 11) is 0. The molecule has 3 aromatic rings. The van der Waals surface area contributed by atoms with E-state index >= 15 is 0 Å². The first-order valence-electron chi connectivity index (χ1n) is 10.6. The lowest BCUT2D eigenvalue weighted by molar-refractivity contribution is 0.0782. The Morgan fingerprint density at radius 1 is 0.935 bits per heavy atom. The Bertz CT molecular complexity index is 1080. The average molecular weight is 412 g/mol. The van der Waals surface area contributed by atoms with Gasteiger partial charge < -0.3 is 9.47 Å². The molecule has 1 unspecified atom stereocenters. The van der Waals surface area contributed by atoms with Gasteiger partial charge in [0.05, 0.1) is 13.1 Å². The molecule has 156 valence electrons. The number of carbonyl (C=O) groups excluding carboxylic acids is 1. The largest absolute Gasteiger partial charge is 0.469 e. The Kier molecular flexibility index (Phi) is 5.40. The van der Waals surface area contributed by atoms with Crippen LogP contribution in [0.2, 0.25) is 0 Å². The minimum Gasteiger partial charge on any atom is -0.469 e. The fourth-order valence-corrected chi connectivity index (χ4v) is 4.16. The van der Waals surface area contributed by atoms with E-state index in [9.17, 15) is 4.79 Å². The quantitative estimate of drug-likeness (QED) is 0.611. The van der Waals surface area contributed by atoms with Crippen molar-refractivity contribution >= 4 is 12.0 Å². The second kappa shape index (κ2) is 8.64. The molecule has 0 saturated carbocycles. The number of nitrogens with zero attached hydrogens (tertiary/aromatic N) is 2. The maximum atomic E-state index is 13.1. The molecule has 2 aliphatic heterocycles. The van der Waals surface area contributed by atoms with Crippen LogP contribution in [0.3, 0.4) is 0 Å². The Morgan fingerprint density at radius 2 is 1.61 bits per heavy atom. The van der Waals surface area contributed by atoms with E-state index in [-0.39, 0.29) is 24.8 Å². The molecule has 2 aliphatic rings. The van der Waals surface area contributed by atoms with Crippen molar-refractivity contribution in [3.05, 3.63) is 107 Å². The van der Waals surface area contributed by atoms with E-state index in [2.05, 4.69) is 17.1 Å². The van der Waals surface area contributed by atoms with Crippen molar-refractivity contribution in [1.82, 2.24) is 4.90 Å². The van der Waals surface area contributed by atoms with Gasteiger partial charge in [0, 0.05) is 6.42 Å². The average Bonchev–Trinajstić information content (AvgIpc) is 3.33. The van der Waals surface area contributed by atoms with Gasteiger partial charge in [-0.1, -0.05) is 84.9 Å². The van der Waals surface area contributed by atoms with Gasteiger partial charge in [-0.2, -0.15) is 0 Å². The predicted octanol–water partition coefficient (Wildman–Crippen LogP) is 4.92. The molecule has 0 radical (unpaired) electrons. The molecule has 1 amide bonds. The van der Waals surface area contributed by atoms with Gasteiger partial charge in [0.2, 0.25) is 5.90 Å². The maximum absolute atomic E-state index is 13.1. The zero-order valence-corrected chi connectivity index (χ0v) is 17.2. The monoisotopic (exact) mass is 412 g/mol. The normalized spacial score (nSPS) is 19.9. The maximum Gasteiger partial charge on any atom is 0.411 e. The predicted molar refractivity (Wildman–Crippen MR) is 119 cm³/mol. The number of carbonyl (C=O) groups is 1. The summed E-state index contributed by atoms with van der Waals surface area (Å²) in [6, 6.07) is 27.7. The topological polar surface area (TPSA) is 51.1 Å². The van der Waals surface area contributed by atoms with Gasteiger partial charge in [-0.15, -0.1) is 0 Å². The zero-order valence-electron chi connectivity index (χ0n) is 17.2. The molecule has 0 aromatic heterocycles. The molecular weight excluding hydrogens is 388 g/mol. The van der Waals surface area contributed by atoms with E-state index in [0.29, 0.717) is 25.4 Å². The van der Waals surface area contributed by atoms with Gasteiger partial charge in [0.25, 0.3) is 0 Å². The molecule has 0 fully saturated rings. The number of amides is 1. The minimum absolute atomic E-state index is 0.115. The number of hydrogen-bond acceptors (Lipinski definition) is 4. The Labute approximate surface area is 181 Å². The molecule has 5 rings (SSSR count). The summed E-state index contributed by atoms with van der Waals surface area (Å²) < 4.78 is 11.9. The van der Waals surface area contributed by atoms with Crippen LogP contribution in [0.1, 0.15) is 28.4 Å². The number of fused-ring (bicyclic) bond motifs is 1. The summed E-state index contributed by atoms with van der Waals surface area (Å²) in [5.41, 5.74) is 4.40. The van der Waals surface area contributed by atoms with Crippen LogP contribution in [-0.2, 0) is 29.0 Å². The SMILES string of the molecule is O=C(OCc1ccccc1)N1Cc2ccccc2C[C@H]1C1=NCC(c2ccccc2)O1. The van der Waals surface area contributed by atoms with Crippen molar-refractivity contribution in [3.8, 4) is 0 Å². The first-order chi connectivity index (χ1) is 15.3. The highest BCUT2D eigenvalue weighted by Gasteiger charge is 2.38. The van der Waals surface area contributed by atoms with Gasteiger partial charge >= 0.3 is 6.09 Å². The number of rotatable bonds is 4. The van der Waals surface area contributed by atoms with Crippen LogP contribution in [-0.4, -0.2) is 29.5 Å². The van der Waals surface area contributed by atoms with E-state index < -0.39 is 0 Å². The van der Waals surface area contributed by atoms with Gasteiger partial charge in [-0.3, -0.25) is 4.90 Å². The third-order valence-electron chi connectivity index (χ3n) is 5.82. The smallest absolute Gasteiger partial charge is 0.411 e. The van der Waals surface area contributed by atoms with Crippen molar-refractivity contribution < 1.29 is 14.3 Å². The fourth-order valence-electron chi connectivity index (χ4n) is 4.16. The lowest BCUT2D eigenvalue weighted by Gasteiger charge is -2.35. The first kappa shape index (κ1) is 19.4. The van der Waals surface area contributed by atoms with Gasteiger partial charge in [-0.05, 0) is 22.3 Å². The Hall–Kier alpha value is -3.60. The highest BCUT2D eigenvalue weighted by Crippen LogP contribution is 2.30. The summed E-state index contributed by atoms with van der Waals surface area (Å²) in [6.45, 7) is 1.28. The fraction of sp³-hybridized carbons (Fsp3) is 0.231. The van der Waals surface area contributed by atoms with E-state index in [1.807, 2.05) is 72.8 Å². The third-order valence-corrected chi connectivity index (χ3v) is 5.82. The van der Waals surface area contributed by atoms with Gasteiger partial charge in [0.15, 0.2) is 0 Å². The molecule has 0 saturated heterocycles. The Balaban J connectivity index is 1.35. The molecule has 0 N–H and O–H groups in total. The van der Waals surface area contributed by atoms with Crippen LogP contribution in [0, 0.1) is 0 Å². The van der Waals surface area contributed by atoms with Crippen LogP contribution in [0.5, 0.6) is 0 Å². The molecule has 5 nitrogen and oxygen atoms in total. The van der Waals surface area contributed by atoms with Crippen molar-refractivity contribution in [2.75, 3.05) is 6.54 Å². The van der Waals surface area contributed by atoms with Crippen LogP contribution in [0.25, 0.3) is 0 Å². The third kappa shape index (κ3) is 4.17. The number of aliphatic imine (C=N–C) groups is 1. The van der Waals surface area contributed by atoms with Crippen LogP contribution in [0.4, 0.5) is 4.79 Å². The number of ether oxygens (including phenoxy) is 2. The summed E-state index contributed by atoms with van der Waals surface area (Å²) in [4.78, 5) is 19.5. The number of benzene rings is 3. The van der Waals surface area contributed by atoms with Gasteiger partial charge in [-0.25, -0.2) is 9.79 Å². The van der Waals surface area contributed by atoms with Crippen molar-refractivity contribution in [1.29, 1.82) is 0 Å². The molecule has 0 bridgehead atoms. The summed E-state index contributed by atoms with van der Waals surface area (Å²) in [5, 5.41) is 0. The minimum atomic E-state index is -0.349. The van der Waals surface area contributed by atoms with Crippen molar-refractivity contribution in [2.24, 2.45) is 4.99 Å². The lowest BCUT2D eigenvalue weighted by atomic mass is 9.94. The van der Waals surface area contributed by atoms with Crippen molar-refractivity contribution in [2.45, 2.75) is 31.7 Å². The lowest BCUT2D eigenvalue weighted by Crippen LogP contribution is -2.49. The van der Waals surface area contributed by atoms with Gasteiger partial charge in [0.1, 0.15) is 18.8 Å². The molecule has 31 heavy (non-hydrogen) atoms. The molecule has 0 spiro atoms. The summed E-state index contributed by atoms with van der Waals surface area (Å²) in [6.07, 6.45) is 0.199. The highest BCUT2D eigenvalue weighted by molar-refractivity contribution is 5.87. The molecule has 3 aromatic carbocycles. The zero-order chi connectivity index (χ0) is 21.0. The Morgan fingerprint density at radius 3 is 2.39 bits per heavy atom.